The van der Waals surface area contributed by atoms with Crippen LogP contribution in [-0.4, -0.2) is 33.3 Å². The summed E-state index contributed by atoms with van der Waals surface area (Å²) in [6, 6.07) is 10.7. The second-order valence-electron chi connectivity index (χ2n) is 7.10. The van der Waals surface area contributed by atoms with Gasteiger partial charge in [-0.05, 0) is 57.2 Å². The number of hydrogen-bond acceptors (Lipinski definition) is 2. The number of nitrogens with one attached hydrogen (secondary N) is 3. The van der Waals surface area contributed by atoms with Crippen molar-refractivity contribution in [3.05, 3.63) is 53.0 Å². The molecule has 1 aromatic carbocycles. The van der Waals surface area contributed by atoms with Crippen molar-refractivity contribution in [2.75, 3.05) is 6.54 Å². The summed E-state index contributed by atoms with van der Waals surface area (Å²) in [4.78, 5) is 8.18. The molecule has 0 saturated heterocycles. The number of hydrogen-bond donors (Lipinski definition) is 3. The van der Waals surface area contributed by atoms with Crippen molar-refractivity contribution in [3.8, 4) is 0 Å². The first-order chi connectivity index (χ1) is 13.0. The monoisotopic (exact) mass is 494 g/mol. The Morgan fingerprint density at radius 3 is 2.68 bits per heavy atom. The van der Waals surface area contributed by atoms with Crippen LogP contribution in [0.25, 0.3) is 10.9 Å². The molecule has 2 heterocycles. The lowest BCUT2D eigenvalue weighted by Gasteiger charge is -2.18. The Morgan fingerprint density at radius 2 is 2.04 bits per heavy atom. The highest BCUT2D eigenvalue weighted by Crippen LogP contribution is 2.16. The lowest BCUT2D eigenvalue weighted by atomic mass is 10.1. The Labute approximate surface area is 184 Å². The molecular weight excluding hydrogens is 463 g/mol. The minimum atomic E-state index is 0. The number of aromatic nitrogens is 3. The van der Waals surface area contributed by atoms with Gasteiger partial charge in [0.1, 0.15) is 0 Å². The van der Waals surface area contributed by atoms with Gasteiger partial charge in [0.15, 0.2) is 5.96 Å². The number of fused-ring (bicyclic) bond motifs is 1. The summed E-state index contributed by atoms with van der Waals surface area (Å²) in [5.74, 6) is 0.836. The van der Waals surface area contributed by atoms with E-state index in [1.165, 1.54) is 16.6 Å². The summed E-state index contributed by atoms with van der Waals surface area (Å²) < 4.78 is 1.95. The van der Waals surface area contributed by atoms with Gasteiger partial charge in [0, 0.05) is 36.5 Å². The zero-order valence-electron chi connectivity index (χ0n) is 17.3. The fourth-order valence-electron chi connectivity index (χ4n) is 3.41. The van der Waals surface area contributed by atoms with Gasteiger partial charge in [-0.25, -0.2) is 4.99 Å². The van der Waals surface area contributed by atoms with Gasteiger partial charge in [-0.1, -0.05) is 18.2 Å². The Balaban J connectivity index is 0.00000280. The molecule has 1 unspecified atom stereocenters. The molecule has 0 spiro atoms. The molecule has 0 aliphatic heterocycles. The third-order valence-corrected chi connectivity index (χ3v) is 4.89. The maximum atomic E-state index is 4.75. The third-order valence-electron chi connectivity index (χ3n) is 4.89. The van der Waals surface area contributed by atoms with Gasteiger partial charge in [0.2, 0.25) is 0 Å². The molecular formula is C21H31IN6. The number of aliphatic imine (C=N–C) groups is 1. The average molecular weight is 494 g/mol. The van der Waals surface area contributed by atoms with Gasteiger partial charge >= 0.3 is 0 Å². The molecule has 28 heavy (non-hydrogen) atoms. The summed E-state index contributed by atoms with van der Waals surface area (Å²) in [5, 5.41) is 12.6. The van der Waals surface area contributed by atoms with E-state index in [9.17, 15) is 0 Å². The van der Waals surface area contributed by atoms with Gasteiger partial charge in [-0.15, -0.1) is 24.0 Å². The van der Waals surface area contributed by atoms with Crippen molar-refractivity contribution < 1.29 is 0 Å². The topological polar surface area (TPSA) is 70.0 Å². The lowest BCUT2D eigenvalue weighted by molar-refractivity contribution is 0.635. The molecule has 0 bridgehead atoms. The Morgan fingerprint density at radius 1 is 1.29 bits per heavy atom. The number of nitrogens with zero attached hydrogens (tertiary/aromatic N) is 3. The number of H-pyrrole nitrogens is 1. The van der Waals surface area contributed by atoms with Crippen LogP contribution in [0.5, 0.6) is 0 Å². The third kappa shape index (κ3) is 5.27. The molecule has 2 aromatic heterocycles. The van der Waals surface area contributed by atoms with Crippen LogP contribution < -0.4 is 10.6 Å². The quantitative estimate of drug-likeness (QED) is 0.277. The van der Waals surface area contributed by atoms with Gasteiger partial charge in [-0.2, -0.15) is 5.10 Å². The number of halogens is 1. The van der Waals surface area contributed by atoms with Crippen LogP contribution >= 0.6 is 24.0 Å². The second-order valence-corrected chi connectivity index (χ2v) is 7.10. The zero-order chi connectivity index (χ0) is 19.4. The molecule has 0 fully saturated rings. The van der Waals surface area contributed by atoms with Crippen LogP contribution in [0.15, 0.2) is 35.3 Å². The van der Waals surface area contributed by atoms with E-state index in [0.717, 1.165) is 35.8 Å². The van der Waals surface area contributed by atoms with E-state index in [1.807, 2.05) is 17.8 Å². The number of guanidine groups is 1. The molecule has 3 N–H and O–H groups in total. The first kappa shape index (κ1) is 22.3. The summed E-state index contributed by atoms with van der Waals surface area (Å²) in [6.45, 7) is 9.90. The SMILES string of the molecule is CCNC(=NCc1cc2ccccc2[nH]1)NC(C)Cc1c(C)nn(C)c1C.I. The largest absolute Gasteiger partial charge is 0.357 e. The first-order valence-corrected chi connectivity index (χ1v) is 9.58. The number of aromatic amines is 1. The second kappa shape index (κ2) is 9.95. The summed E-state index contributed by atoms with van der Waals surface area (Å²) in [6.07, 6.45) is 0.919. The minimum Gasteiger partial charge on any atom is -0.357 e. The zero-order valence-corrected chi connectivity index (χ0v) is 19.7. The first-order valence-electron chi connectivity index (χ1n) is 9.58. The van der Waals surface area contributed by atoms with Crippen molar-refractivity contribution in [2.45, 2.75) is 46.7 Å². The Hall–Kier alpha value is -2.03. The number of rotatable bonds is 6. The molecule has 6 nitrogen and oxygen atoms in total. The molecule has 0 aliphatic rings. The molecule has 0 saturated carbocycles. The van der Waals surface area contributed by atoms with Crippen molar-refractivity contribution in [1.82, 2.24) is 25.4 Å². The molecule has 1 atom stereocenters. The molecule has 152 valence electrons. The number of aryl methyl sites for hydroxylation is 2. The fourth-order valence-corrected chi connectivity index (χ4v) is 3.41. The predicted molar refractivity (Wildman–Crippen MR) is 128 cm³/mol. The highest BCUT2D eigenvalue weighted by molar-refractivity contribution is 14.0. The number of para-hydroxylation sites is 1. The molecule has 0 amide bonds. The molecule has 0 aliphatic carbocycles. The lowest BCUT2D eigenvalue weighted by Crippen LogP contribution is -2.43. The van der Waals surface area contributed by atoms with E-state index >= 15 is 0 Å². The van der Waals surface area contributed by atoms with Crippen LogP contribution in [-0.2, 0) is 20.0 Å². The van der Waals surface area contributed by atoms with Crippen LogP contribution in [0.1, 0.15) is 36.5 Å². The van der Waals surface area contributed by atoms with Gasteiger partial charge in [-0.3, -0.25) is 4.68 Å². The van der Waals surface area contributed by atoms with E-state index < -0.39 is 0 Å². The van der Waals surface area contributed by atoms with Crippen LogP contribution in [0.3, 0.4) is 0 Å². The van der Waals surface area contributed by atoms with Crippen molar-refractivity contribution >= 4 is 40.8 Å². The predicted octanol–water partition coefficient (Wildman–Crippen LogP) is 3.82. The summed E-state index contributed by atoms with van der Waals surface area (Å²) in [7, 11) is 2.00. The fraction of sp³-hybridized carbons (Fsp3) is 0.429. The Bertz CT molecular complexity index is 907. The van der Waals surface area contributed by atoms with Gasteiger partial charge < -0.3 is 15.6 Å². The molecule has 7 heteroatoms. The standard InChI is InChI=1S/C21H30N6.HI/c1-6-22-21(23-13-18-12-17-9-7-8-10-20(17)25-18)24-14(2)11-19-15(3)26-27(5)16(19)4;/h7-10,12,14,25H,6,11,13H2,1-5H3,(H2,22,23,24);1H. The van der Waals surface area contributed by atoms with Crippen molar-refractivity contribution in [3.63, 3.8) is 0 Å². The molecule has 3 rings (SSSR count). The highest BCUT2D eigenvalue weighted by atomic mass is 127. The summed E-state index contributed by atoms with van der Waals surface area (Å²) >= 11 is 0. The van der Waals surface area contributed by atoms with E-state index in [-0.39, 0.29) is 30.0 Å². The maximum absolute atomic E-state index is 4.75. The van der Waals surface area contributed by atoms with Crippen LogP contribution in [0.4, 0.5) is 0 Å². The Kier molecular flexibility index (Phi) is 7.91. The molecule has 3 aromatic rings. The van der Waals surface area contributed by atoms with Gasteiger partial charge in [0.25, 0.3) is 0 Å². The summed E-state index contributed by atoms with van der Waals surface area (Å²) in [5.41, 5.74) is 5.89. The maximum Gasteiger partial charge on any atom is 0.191 e. The van der Waals surface area contributed by atoms with Crippen molar-refractivity contribution in [1.29, 1.82) is 0 Å². The van der Waals surface area contributed by atoms with Crippen molar-refractivity contribution in [2.24, 2.45) is 12.0 Å². The minimum absolute atomic E-state index is 0. The highest BCUT2D eigenvalue weighted by Gasteiger charge is 2.14. The van der Waals surface area contributed by atoms with E-state index in [0.29, 0.717) is 6.54 Å². The van der Waals surface area contributed by atoms with Crippen LogP contribution in [0.2, 0.25) is 0 Å². The van der Waals surface area contributed by atoms with E-state index in [2.05, 4.69) is 72.7 Å². The van der Waals surface area contributed by atoms with Gasteiger partial charge in [0.05, 0.1) is 12.2 Å². The van der Waals surface area contributed by atoms with E-state index in [1.54, 1.807) is 0 Å². The normalized spacial score (nSPS) is 12.7. The van der Waals surface area contributed by atoms with Crippen LogP contribution in [0, 0.1) is 13.8 Å². The van der Waals surface area contributed by atoms with E-state index in [4.69, 9.17) is 4.99 Å². The molecule has 0 radical (unpaired) electrons. The number of benzene rings is 1. The average Bonchev–Trinajstić information content (AvgIpc) is 3.15. The smallest absolute Gasteiger partial charge is 0.191 e.